The second kappa shape index (κ2) is 15.2. The number of amides is 4. The van der Waals surface area contributed by atoms with E-state index in [9.17, 15) is 14.4 Å². The smallest absolute Gasteiger partial charge is 0.335 e. The molecule has 55 heavy (non-hydrogen) atoms. The summed E-state index contributed by atoms with van der Waals surface area (Å²) in [5.41, 5.74) is 9.92. The van der Waals surface area contributed by atoms with Crippen molar-refractivity contribution in [2.24, 2.45) is 0 Å². The second-order valence-corrected chi connectivity index (χ2v) is 15.2. The fourth-order valence-electron chi connectivity index (χ4n) is 8.15. The van der Waals surface area contributed by atoms with Crippen molar-refractivity contribution in [3.63, 3.8) is 0 Å². The number of urea groups is 1. The largest absolute Gasteiger partial charge is 0.490 e. The Morgan fingerprint density at radius 3 is 2.02 bits per heavy atom. The van der Waals surface area contributed by atoms with Crippen molar-refractivity contribution >= 4 is 51.2 Å². The molecular weight excluding hydrogens is 754 g/mol. The third-order valence-corrected chi connectivity index (χ3v) is 11.5. The van der Waals surface area contributed by atoms with Gasteiger partial charge in [0.05, 0.1) is 16.8 Å². The number of barbiturate groups is 1. The summed E-state index contributed by atoms with van der Waals surface area (Å²) in [5, 5.41) is 2.45. The molecule has 1 N–H and O–H groups in total. The van der Waals surface area contributed by atoms with Gasteiger partial charge >= 0.3 is 6.03 Å². The van der Waals surface area contributed by atoms with Crippen molar-refractivity contribution in [1.82, 2.24) is 5.32 Å². The molecule has 3 heterocycles. The normalized spacial score (nSPS) is 18.6. The first-order chi connectivity index (χ1) is 26.7. The van der Waals surface area contributed by atoms with Gasteiger partial charge in [0, 0.05) is 30.6 Å². The van der Waals surface area contributed by atoms with Crippen LogP contribution in [0.3, 0.4) is 0 Å². The van der Waals surface area contributed by atoms with Gasteiger partial charge in [0.2, 0.25) is 0 Å². The Morgan fingerprint density at radius 2 is 1.42 bits per heavy atom. The van der Waals surface area contributed by atoms with Crippen LogP contribution < -0.4 is 24.6 Å². The Morgan fingerprint density at radius 1 is 0.782 bits per heavy atom. The van der Waals surface area contributed by atoms with Gasteiger partial charge < -0.3 is 14.4 Å². The number of nitrogens with zero attached hydrogens (tertiary/aromatic N) is 2. The van der Waals surface area contributed by atoms with E-state index in [1.807, 2.05) is 61.5 Å². The molecule has 0 aliphatic carbocycles. The molecule has 3 aliphatic rings. The number of hydrogen-bond donors (Lipinski definition) is 1. The van der Waals surface area contributed by atoms with Crippen LogP contribution in [0.5, 0.6) is 11.5 Å². The number of carbonyl (C=O) groups is 3. The summed E-state index contributed by atoms with van der Waals surface area (Å²) in [5.74, 6) is -0.333. The molecule has 0 radical (unpaired) electrons. The van der Waals surface area contributed by atoms with Crippen LogP contribution in [0.2, 0.25) is 0 Å². The first-order valence-corrected chi connectivity index (χ1v) is 19.6. The molecule has 278 valence electrons. The summed E-state index contributed by atoms with van der Waals surface area (Å²) >= 11 is 3.64. The molecular formula is C46H42BrN3O5. The lowest BCUT2D eigenvalue weighted by atomic mass is 9.76. The molecule has 5 aromatic carbocycles. The maximum atomic E-state index is 14.5. The summed E-state index contributed by atoms with van der Waals surface area (Å²) in [4.78, 5) is 45.2. The molecule has 2 atom stereocenters. The summed E-state index contributed by atoms with van der Waals surface area (Å²) < 4.78 is 12.8. The van der Waals surface area contributed by atoms with E-state index < -0.39 is 17.8 Å². The topological polar surface area (TPSA) is 88.2 Å². The average molecular weight is 797 g/mol. The van der Waals surface area contributed by atoms with E-state index in [1.54, 1.807) is 12.1 Å². The van der Waals surface area contributed by atoms with Gasteiger partial charge in [-0.2, -0.15) is 0 Å². The van der Waals surface area contributed by atoms with Crippen LogP contribution in [0, 0.1) is 13.8 Å². The quantitative estimate of drug-likeness (QED) is 0.118. The number of halogens is 1. The number of imide groups is 2. The third-order valence-electron chi connectivity index (χ3n) is 11.0. The SMILES string of the molecule is CCOc1cc(/C=C2\C(=O)NC(=O)N(c3cc4c5c(c3)[C@H](c3ccccc3)CCN5CC[C@H]4c3ccccc3)C2=O)cc(Br)c1OCc1ccc(C)c(C)c1. The fourth-order valence-corrected chi connectivity index (χ4v) is 8.72. The Bertz CT molecular complexity index is 2270. The van der Waals surface area contributed by atoms with E-state index in [0.29, 0.717) is 40.4 Å². The van der Waals surface area contributed by atoms with Crippen molar-refractivity contribution < 1.29 is 23.9 Å². The number of anilines is 2. The molecule has 8 nitrogen and oxygen atoms in total. The highest BCUT2D eigenvalue weighted by molar-refractivity contribution is 9.10. The van der Waals surface area contributed by atoms with Gasteiger partial charge in [-0.05, 0) is 124 Å². The van der Waals surface area contributed by atoms with Crippen molar-refractivity contribution in [3.8, 4) is 11.5 Å². The van der Waals surface area contributed by atoms with Crippen LogP contribution in [0.15, 0.2) is 113 Å². The van der Waals surface area contributed by atoms with E-state index in [-0.39, 0.29) is 17.4 Å². The summed E-state index contributed by atoms with van der Waals surface area (Å²) in [7, 11) is 0. The summed E-state index contributed by atoms with van der Waals surface area (Å²) in [6, 6.07) is 33.7. The minimum atomic E-state index is -0.776. The van der Waals surface area contributed by atoms with Gasteiger partial charge in [-0.25, -0.2) is 9.69 Å². The molecule has 0 saturated carbocycles. The monoisotopic (exact) mass is 795 g/mol. The zero-order chi connectivity index (χ0) is 38.2. The molecule has 0 unspecified atom stereocenters. The van der Waals surface area contributed by atoms with Crippen molar-refractivity contribution in [3.05, 3.63) is 158 Å². The van der Waals surface area contributed by atoms with Crippen molar-refractivity contribution in [1.29, 1.82) is 0 Å². The predicted octanol–water partition coefficient (Wildman–Crippen LogP) is 9.59. The Balaban J connectivity index is 1.18. The zero-order valence-electron chi connectivity index (χ0n) is 31.1. The first kappa shape index (κ1) is 36.3. The molecule has 1 saturated heterocycles. The first-order valence-electron chi connectivity index (χ1n) is 18.8. The molecule has 4 amide bonds. The highest BCUT2D eigenvalue weighted by atomic mass is 79.9. The van der Waals surface area contributed by atoms with Gasteiger partial charge in [-0.15, -0.1) is 0 Å². The second-order valence-electron chi connectivity index (χ2n) is 14.4. The van der Waals surface area contributed by atoms with Gasteiger partial charge in [-0.3, -0.25) is 14.9 Å². The summed E-state index contributed by atoms with van der Waals surface area (Å²) in [6.45, 7) is 8.55. The number of ether oxygens (including phenoxy) is 2. The Hall–Kier alpha value is -5.67. The predicted molar refractivity (Wildman–Crippen MR) is 219 cm³/mol. The number of hydrogen-bond acceptors (Lipinski definition) is 6. The van der Waals surface area contributed by atoms with Gasteiger partial charge in [0.15, 0.2) is 11.5 Å². The van der Waals surface area contributed by atoms with E-state index in [1.165, 1.54) is 34.0 Å². The maximum absolute atomic E-state index is 14.5. The molecule has 0 spiro atoms. The standard InChI is InChI=1S/C46H42BrN3O5/c1-4-54-41-24-31(23-40(47)43(41)55-27-30-16-15-28(2)29(3)21-30)22-39-44(51)48-46(53)50(45(39)52)34-25-37-35(32-11-7-5-8-12-32)17-19-49-20-18-36(38(26-34)42(37)49)33-13-9-6-10-14-33/h5-16,21-26,35-36H,4,17-20,27H2,1-3H3,(H,48,51,53)/b39-22+/t35-,36-/m0/s1. The molecule has 3 aliphatic heterocycles. The maximum Gasteiger partial charge on any atom is 0.335 e. The molecule has 1 fully saturated rings. The third kappa shape index (κ3) is 7.05. The lowest BCUT2D eigenvalue weighted by Gasteiger charge is -2.44. The van der Waals surface area contributed by atoms with E-state index >= 15 is 0 Å². The highest BCUT2D eigenvalue weighted by Gasteiger charge is 2.40. The molecule has 9 heteroatoms. The Labute approximate surface area is 329 Å². The average Bonchev–Trinajstić information content (AvgIpc) is 3.18. The molecule has 5 aromatic rings. The Kier molecular flexibility index (Phi) is 10.1. The van der Waals surface area contributed by atoms with Crippen LogP contribution in [0.1, 0.15) is 76.1 Å². The number of rotatable bonds is 9. The lowest BCUT2D eigenvalue weighted by molar-refractivity contribution is -0.122. The van der Waals surface area contributed by atoms with E-state index in [2.05, 4.69) is 76.4 Å². The van der Waals surface area contributed by atoms with Crippen molar-refractivity contribution in [2.75, 3.05) is 29.5 Å². The lowest BCUT2D eigenvalue weighted by Crippen LogP contribution is -2.54. The highest BCUT2D eigenvalue weighted by Crippen LogP contribution is 2.50. The number of nitrogens with one attached hydrogen (secondary N) is 1. The molecule has 0 aromatic heterocycles. The zero-order valence-corrected chi connectivity index (χ0v) is 32.7. The number of carbonyl (C=O) groups excluding carboxylic acids is 3. The van der Waals surface area contributed by atoms with Gasteiger partial charge in [0.25, 0.3) is 11.8 Å². The van der Waals surface area contributed by atoms with Gasteiger partial charge in [0.1, 0.15) is 12.2 Å². The van der Waals surface area contributed by atoms with Crippen LogP contribution in [-0.4, -0.2) is 37.5 Å². The molecule has 8 rings (SSSR count). The summed E-state index contributed by atoms with van der Waals surface area (Å²) in [6.07, 6.45) is 3.31. The fraction of sp³-hybridized carbons (Fsp3) is 0.239. The van der Waals surface area contributed by atoms with Crippen molar-refractivity contribution in [2.45, 2.75) is 52.1 Å². The minimum Gasteiger partial charge on any atom is -0.490 e. The number of benzene rings is 5. The van der Waals surface area contributed by atoms with Crippen LogP contribution in [-0.2, 0) is 16.2 Å². The molecule has 0 bridgehead atoms. The minimum absolute atomic E-state index is 0.0744. The van der Waals surface area contributed by atoms with E-state index in [0.717, 1.165) is 47.5 Å². The van der Waals surface area contributed by atoms with Crippen LogP contribution in [0.4, 0.5) is 16.2 Å². The number of aryl methyl sites for hydroxylation is 2. The van der Waals surface area contributed by atoms with E-state index in [4.69, 9.17) is 9.47 Å². The van der Waals surface area contributed by atoms with Crippen LogP contribution in [0.25, 0.3) is 6.08 Å². The van der Waals surface area contributed by atoms with Gasteiger partial charge in [-0.1, -0.05) is 78.9 Å². The van der Waals surface area contributed by atoms with Crippen LogP contribution >= 0.6 is 15.9 Å².